The highest BCUT2D eigenvalue weighted by Gasteiger charge is 2.14. The van der Waals surface area contributed by atoms with Gasteiger partial charge in [0, 0.05) is 18.7 Å². The lowest BCUT2D eigenvalue weighted by Crippen LogP contribution is -2.36. The van der Waals surface area contributed by atoms with Crippen molar-refractivity contribution in [2.24, 2.45) is 0 Å². The van der Waals surface area contributed by atoms with Gasteiger partial charge in [-0.25, -0.2) is 4.98 Å². The van der Waals surface area contributed by atoms with Crippen LogP contribution in [-0.2, 0) is 4.74 Å². The normalized spacial score (nSPS) is 14.0. The van der Waals surface area contributed by atoms with Crippen LogP contribution in [0.5, 0.6) is 0 Å². The Hall–Kier alpha value is -3.25. The zero-order valence-electron chi connectivity index (χ0n) is 15.8. The van der Waals surface area contributed by atoms with Crippen LogP contribution in [0, 0.1) is 6.92 Å². The van der Waals surface area contributed by atoms with E-state index in [4.69, 9.17) is 4.74 Å². The number of ether oxygens (including phenoxy) is 1. The summed E-state index contributed by atoms with van der Waals surface area (Å²) in [5, 5.41) is 2.86. The predicted octanol–water partition coefficient (Wildman–Crippen LogP) is 3.54. The first kappa shape index (κ1) is 18.1. The van der Waals surface area contributed by atoms with Gasteiger partial charge in [0.1, 0.15) is 5.82 Å². The Balaban J connectivity index is 1.46. The van der Waals surface area contributed by atoms with E-state index >= 15 is 0 Å². The molecule has 1 saturated heterocycles. The van der Waals surface area contributed by atoms with E-state index in [-0.39, 0.29) is 5.91 Å². The summed E-state index contributed by atoms with van der Waals surface area (Å²) < 4.78 is 5.37. The molecule has 0 spiro atoms. The summed E-state index contributed by atoms with van der Waals surface area (Å²) >= 11 is 0. The van der Waals surface area contributed by atoms with E-state index in [1.807, 2.05) is 61.5 Å². The minimum atomic E-state index is -0.212. The van der Waals surface area contributed by atoms with Crippen LogP contribution in [-0.4, -0.2) is 42.2 Å². The number of pyridine rings is 2. The summed E-state index contributed by atoms with van der Waals surface area (Å²) in [6.45, 7) is 5.00. The van der Waals surface area contributed by atoms with Gasteiger partial charge in [-0.05, 0) is 31.2 Å². The van der Waals surface area contributed by atoms with Gasteiger partial charge in [0.05, 0.1) is 42.0 Å². The number of carbonyl (C=O) groups excluding carboxylic acids is 1. The Bertz CT molecular complexity index is 952. The molecule has 1 fully saturated rings. The predicted molar refractivity (Wildman–Crippen MR) is 110 cm³/mol. The number of nitrogens with one attached hydrogen (secondary N) is 1. The van der Waals surface area contributed by atoms with Gasteiger partial charge in [-0.1, -0.05) is 30.3 Å². The molecule has 1 N–H and O–H groups in total. The third-order valence-electron chi connectivity index (χ3n) is 4.77. The molecule has 142 valence electrons. The molecule has 3 heterocycles. The van der Waals surface area contributed by atoms with Crippen LogP contribution in [0.25, 0.3) is 11.3 Å². The highest BCUT2D eigenvalue weighted by Crippen LogP contribution is 2.20. The van der Waals surface area contributed by atoms with E-state index in [1.165, 1.54) is 0 Å². The van der Waals surface area contributed by atoms with Crippen LogP contribution < -0.4 is 10.2 Å². The molecule has 0 bridgehead atoms. The van der Waals surface area contributed by atoms with Crippen LogP contribution in [0.3, 0.4) is 0 Å². The van der Waals surface area contributed by atoms with Crippen molar-refractivity contribution >= 4 is 17.4 Å². The summed E-state index contributed by atoms with van der Waals surface area (Å²) in [7, 11) is 0. The molecule has 1 aliphatic heterocycles. The Morgan fingerprint density at radius 2 is 1.82 bits per heavy atom. The van der Waals surface area contributed by atoms with Crippen molar-refractivity contribution in [3.8, 4) is 11.3 Å². The van der Waals surface area contributed by atoms with Crippen molar-refractivity contribution < 1.29 is 9.53 Å². The van der Waals surface area contributed by atoms with E-state index in [2.05, 4.69) is 20.2 Å². The summed E-state index contributed by atoms with van der Waals surface area (Å²) in [5.74, 6) is 0.310. The molecule has 6 heteroatoms. The first-order chi connectivity index (χ1) is 13.7. The molecular weight excluding hydrogens is 352 g/mol. The number of morpholine rings is 1. The van der Waals surface area contributed by atoms with Gasteiger partial charge in [-0.3, -0.25) is 9.78 Å². The summed E-state index contributed by atoms with van der Waals surface area (Å²) in [6.07, 6.45) is 1.78. The lowest BCUT2D eigenvalue weighted by molar-refractivity contribution is 0.102. The Kier molecular flexibility index (Phi) is 5.30. The average Bonchev–Trinajstić information content (AvgIpc) is 2.75. The minimum absolute atomic E-state index is 0.212. The number of carbonyl (C=O) groups is 1. The second kappa shape index (κ2) is 8.19. The molecule has 0 saturated carbocycles. The molecule has 1 aliphatic rings. The van der Waals surface area contributed by atoms with Crippen molar-refractivity contribution in [1.82, 2.24) is 9.97 Å². The van der Waals surface area contributed by atoms with E-state index < -0.39 is 0 Å². The fourth-order valence-electron chi connectivity index (χ4n) is 3.22. The van der Waals surface area contributed by atoms with Crippen molar-refractivity contribution in [1.29, 1.82) is 0 Å². The van der Waals surface area contributed by atoms with Crippen molar-refractivity contribution in [2.45, 2.75) is 6.92 Å². The first-order valence-corrected chi connectivity index (χ1v) is 9.34. The van der Waals surface area contributed by atoms with Gasteiger partial charge in [0.2, 0.25) is 0 Å². The molecule has 28 heavy (non-hydrogen) atoms. The molecule has 3 aromatic rings. The van der Waals surface area contributed by atoms with Crippen molar-refractivity contribution in [2.75, 3.05) is 36.5 Å². The quantitative estimate of drug-likeness (QED) is 0.757. The third kappa shape index (κ3) is 4.02. The Labute approximate surface area is 164 Å². The maximum atomic E-state index is 12.7. The Morgan fingerprint density at radius 1 is 1.04 bits per heavy atom. The number of amides is 1. The van der Waals surface area contributed by atoms with Crippen LogP contribution in [0.1, 0.15) is 16.1 Å². The standard InChI is InChI=1S/C22H22N4O2/c1-16-19(8-9-20(24-16)17-5-3-2-4-6-17)22(27)25-21-10-7-18(15-23-21)26-11-13-28-14-12-26/h2-10,15H,11-14H2,1H3,(H,23,25,27). The summed E-state index contributed by atoms with van der Waals surface area (Å²) in [4.78, 5) is 23.8. The number of hydrogen-bond donors (Lipinski definition) is 1. The molecule has 6 nitrogen and oxygen atoms in total. The lowest BCUT2D eigenvalue weighted by Gasteiger charge is -2.28. The lowest BCUT2D eigenvalue weighted by atomic mass is 10.1. The smallest absolute Gasteiger partial charge is 0.258 e. The highest BCUT2D eigenvalue weighted by molar-refractivity contribution is 6.04. The van der Waals surface area contributed by atoms with Crippen molar-refractivity contribution in [3.05, 3.63) is 72.1 Å². The number of nitrogens with zero attached hydrogens (tertiary/aromatic N) is 3. The summed E-state index contributed by atoms with van der Waals surface area (Å²) in [5.41, 5.74) is 4.13. The number of anilines is 2. The number of benzene rings is 1. The molecule has 0 aliphatic carbocycles. The van der Waals surface area contributed by atoms with Crippen LogP contribution >= 0.6 is 0 Å². The van der Waals surface area contributed by atoms with Gasteiger partial charge >= 0.3 is 0 Å². The van der Waals surface area contributed by atoms with E-state index in [0.29, 0.717) is 17.1 Å². The van der Waals surface area contributed by atoms with Crippen molar-refractivity contribution in [3.63, 3.8) is 0 Å². The maximum absolute atomic E-state index is 12.7. The number of rotatable bonds is 4. The number of hydrogen-bond acceptors (Lipinski definition) is 5. The largest absolute Gasteiger partial charge is 0.378 e. The Morgan fingerprint density at radius 3 is 2.50 bits per heavy atom. The second-order valence-electron chi connectivity index (χ2n) is 6.65. The topological polar surface area (TPSA) is 67.4 Å². The molecule has 1 aromatic carbocycles. The number of aryl methyl sites for hydroxylation is 1. The van der Waals surface area contributed by atoms with Crippen LogP contribution in [0.15, 0.2) is 60.8 Å². The van der Waals surface area contributed by atoms with E-state index in [0.717, 1.165) is 43.2 Å². The van der Waals surface area contributed by atoms with Crippen LogP contribution in [0.2, 0.25) is 0 Å². The monoisotopic (exact) mass is 374 g/mol. The van der Waals surface area contributed by atoms with E-state index in [1.54, 1.807) is 6.20 Å². The SMILES string of the molecule is Cc1nc(-c2ccccc2)ccc1C(=O)Nc1ccc(N2CCOCC2)cn1. The average molecular weight is 374 g/mol. The van der Waals surface area contributed by atoms with Gasteiger partial charge in [0.25, 0.3) is 5.91 Å². The van der Waals surface area contributed by atoms with Crippen LogP contribution in [0.4, 0.5) is 11.5 Å². The second-order valence-corrected chi connectivity index (χ2v) is 6.65. The summed E-state index contributed by atoms with van der Waals surface area (Å²) in [6, 6.07) is 17.4. The zero-order chi connectivity index (χ0) is 19.3. The molecule has 0 unspecified atom stereocenters. The molecule has 4 rings (SSSR count). The first-order valence-electron chi connectivity index (χ1n) is 9.34. The van der Waals surface area contributed by atoms with Gasteiger partial charge in [-0.2, -0.15) is 0 Å². The van der Waals surface area contributed by atoms with Gasteiger partial charge in [-0.15, -0.1) is 0 Å². The minimum Gasteiger partial charge on any atom is -0.378 e. The molecule has 0 atom stereocenters. The fourth-order valence-corrected chi connectivity index (χ4v) is 3.22. The molecule has 1 amide bonds. The third-order valence-corrected chi connectivity index (χ3v) is 4.77. The fraction of sp³-hybridized carbons (Fsp3) is 0.227. The molecule has 2 aromatic heterocycles. The maximum Gasteiger partial charge on any atom is 0.258 e. The van der Waals surface area contributed by atoms with Gasteiger partial charge in [0.15, 0.2) is 0 Å². The number of aromatic nitrogens is 2. The molecular formula is C22H22N4O2. The highest BCUT2D eigenvalue weighted by atomic mass is 16.5. The zero-order valence-corrected chi connectivity index (χ0v) is 15.8. The van der Waals surface area contributed by atoms with Gasteiger partial charge < -0.3 is 15.0 Å². The molecule has 0 radical (unpaired) electrons. The van der Waals surface area contributed by atoms with E-state index in [9.17, 15) is 4.79 Å².